The summed E-state index contributed by atoms with van der Waals surface area (Å²) in [5.41, 5.74) is 3.22. The molecule has 0 unspecified atom stereocenters. The molecule has 0 aliphatic carbocycles. The average molecular weight is 347 g/mol. The highest BCUT2D eigenvalue weighted by Crippen LogP contribution is 2.34. The fourth-order valence-electron chi connectivity index (χ4n) is 2.61. The molecule has 0 aliphatic rings. The second kappa shape index (κ2) is 6.75. The smallest absolute Gasteiger partial charge is 0.222 e. The molecule has 3 heterocycles. The third-order valence-corrected chi connectivity index (χ3v) is 3.93. The average Bonchev–Trinajstić information content (AvgIpc) is 2.95. The van der Waals surface area contributed by atoms with Crippen LogP contribution < -0.4 is 4.74 Å². The number of rotatable bonds is 5. The van der Waals surface area contributed by atoms with Crippen molar-refractivity contribution < 1.29 is 9.84 Å². The van der Waals surface area contributed by atoms with E-state index in [-0.39, 0.29) is 12.6 Å². The van der Waals surface area contributed by atoms with E-state index >= 15 is 0 Å². The Kier molecular flexibility index (Phi) is 4.69. The largest absolute Gasteiger partial charge is 0.477 e. The first-order chi connectivity index (χ1) is 11.6. The number of fused-ring (bicyclic) bond motifs is 1. The van der Waals surface area contributed by atoms with Crippen molar-refractivity contribution in [1.82, 2.24) is 19.7 Å². The van der Waals surface area contributed by atoms with Crippen LogP contribution in [0.1, 0.15) is 32.5 Å². The van der Waals surface area contributed by atoms with Crippen LogP contribution in [0.25, 0.3) is 22.3 Å². The summed E-state index contributed by atoms with van der Waals surface area (Å²) >= 11 is 6.52. The number of hydrogen-bond donors (Lipinski definition) is 1. The summed E-state index contributed by atoms with van der Waals surface area (Å²) in [6.07, 6.45) is 1.67. The molecule has 24 heavy (non-hydrogen) atoms. The molecule has 3 aromatic rings. The highest BCUT2D eigenvalue weighted by Gasteiger charge is 2.19. The second-order valence-corrected chi connectivity index (χ2v) is 6.03. The molecule has 6 nitrogen and oxygen atoms in total. The molecular formula is C17H19ClN4O2. The Labute approximate surface area is 145 Å². The molecule has 0 fully saturated rings. The number of ether oxygens (including phenoxy) is 1. The van der Waals surface area contributed by atoms with Gasteiger partial charge in [-0.15, -0.1) is 0 Å². The van der Waals surface area contributed by atoms with E-state index in [1.165, 1.54) is 0 Å². The zero-order valence-electron chi connectivity index (χ0n) is 13.8. The van der Waals surface area contributed by atoms with Gasteiger partial charge in [-0.3, -0.25) is 4.68 Å². The summed E-state index contributed by atoms with van der Waals surface area (Å²) < 4.78 is 7.36. The zero-order valence-corrected chi connectivity index (χ0v) is 14.6. The van der Waals surface area contributed by atoms with Gasteiger partial charge in [0.2, 0.25) is 5.88 Å². The predicted octanol–water partition coefficient (Wildman–Crippen LogP) is 3.62. The van der Waals surface area contributed by atoms with Gasteiger partial charge in [0, 0.05) is 12.2 Å². The van der Waals surface area contributed by atoms with Gasteiger partial charge in [0.1, 0.15) is 16.7 Å². The normalized spacial score (nSPS) is 11.4. The van der Waals surface area contributed by atoms with E-state index in [1.807, 2.05) is 32.9 Å². The quantitative estimate of drug-likeness (QED) is 0.763. The highest BCUT2D eigenvalue weighted by molar-refractivity contribution is 6.35. The number of aliphatic hydroxyl groups is 1. The molecule has 0 spiro atoms. The van der Waals surface area contributed by atoms with E-state index in [9.17, 15) is 5.11 Å². The number of aromatic nitrogens is 4. The molecule has 0 amide bonds. The summed E-state index contributed by atoms with van der Waals surface area (Å²) in [5.74, 6) is 0.504. The first kappa shape index (κ1) is 16.7. The number of halogens is 1. The van der Waals surface area contributed by atoms with Gasteiger partial charge in [-0.2, -0.15) is 5.10 Å². The summed E-state index contributed by atoms with van der Waals surface area (Å²) in [6, 6.07) is 5.59. The molecule has 0 saturated heterocycles. The molecule has 0 bridgehead atoms. The summed E-state index contributed by atoms with van der Waals surface area (Å²) in [7, 11) is 0. The molecule has 0 radical (unpaired) electrons. The maximum atomic E-state index is 9.63. The zero-order chi connectivity index (χ0) is 17.3. The van der Waals surface area contributed by atoms with Crippen LogP contribution in [-0.4, -0.2) is 31.5 Å². The Morgan fingerprint density at radius 1 is 1.38 bits per heavy atom. The second-order valence-electron chi connectivity index (χ2n) is 5.62. The highest BCUT2D eigenvalue weighted by atomic mass is 35.5. The maximum Gasteiger partial charge on any atom is 0.222 e. The maximum absolute atomic E-state index is 9.63. The molecular weight excluding hydrogens is 328 g/mol. The van der Waals surface area contributed by atoms with Crippen LogP contribution in [0.15, 0.2) is 24.4 Å². The SMILES string of the molecule is CCOc1ncccc1-c1cc(Cl)c2c(n1)c(CO)nn2C(C)C. The Hall–Kier alpha value is -2.18. The molecule has 0 aromatic carbocycles. The lowest BCUT2D eigenvalue weighted by molar-refractivity contribution is 0.275. The Morgan fingerprint density at radius 2 is 2.17 bits per heavy atom. The predicted molar refractivity (Wildman–Crippen MR) is 93.2 cm³/mol. The first-order valence-corrected chi connectivity index (χ1v) is 8.21. The molecule has 126 valence electrons. The summed E-state index contributed by atoms with van der Waals surface area (Å²) in [5, 5.41) is 14.6. The van der Waals surface area contributed by atoms with Crippen molar-refractivity contribution in [3.63, 3.8) is 0 Å². The van der Waals surface area contributed by atoms with Gasteiger partial charge in [-0.25, -0.2) is 9.97 Å². The van der Waals surface area contributed by atoms with E-state index in [4.69, 9.17) is 16.3 Å². The van der Waals surface area contributed by atoms with Gasteiger partial charge in [-0.1, -0.05) is 11.6 Å². The molecule has 1 N–H and O–H groups in total. The van der Waals surface area contributed by atoms with E-state index in [0.717, 1.165) is 11.1 Å². The topological polar surface area (TPSA) is 73.1 Å². The van der Waals surface area contributed by atoms with E-state index in [2.05, 4.69) is 15.1 Å². The van der Waals surface area contributed by atoms with Crippen LogP contribution in [0.3, 0.4) is 0 Å². The van der Waals surface area contributed by atoms with E-state index < -0.39 is 0 Å². The molecule has 3 rings (SSSR count). The first-order valence-electron chi connectivity index (χ1n) is 7.83. The van der Waals surface area contributed by atoms with Gasteiger partial charge in [0.15, 0.2) is 0 Å². The van der Waals surface area contributed by atoms with Crippen molar-refractivity contribution in [3.05, 3.63) is 35.1 Å². The van der Waals surface area contributed by atoms with Crippen molar-refractivity contribution in [2.75, 3.05) is 6.61 Å². The molecule has 7 heteroatoms. The minimum absolute atomic E-state index is 0.107. The number of pyridine rings is 2. The van der Waals surface area contributed by atoms with Crippen LogP contribution in [0.2, 0.25) is 5.02 Å². The third-order valence-electron chi connectivity index (χ3n) is 3.64. The van der Waals surface area contributed by atoms with Crippen LogP contribution in [0.5, 0.6) is 5.88 Å². The third kappa shape index (κ3) is 2.83. The van der Waals surface area contributed by atoms with Crippen LogP contribution in [0, 0.1) is 0 Å². The summed E-state index contributed by atoms with van der Waals surface area (Å²) in [4.78, 5) is 8.93. The van der Waals surface area contributed by atoms with Gasteiger partial charge in [0.25, 0.3) is 0 Å². The van der Waals surface area contributed by atoms with Crippen LogP contribution in [0.4, 0.5) is 0 Å². The lowest BCUT2D eigenvalue weighted by atomic mass is 10.1. The van der Waals surface area contributed by atoms with Crippen molar-refractivity contribution >= 4 is 22.6 Å². The van der Waals surface area contributed by atoms with Crippen LogP contribution in [-0.2, 0) is 6.61 Å². The summed E-state index contributed by atoms with van der Waals surface area (Å²) in [6.45, 7) is 6.22. The Morgan fingerprint density at radius 3 is 2.83 bits per heavy atom. The molecule has 0 aliphatic heterocycles. The lowest BCUT2D eigenvalue weighted by Gasteiger charge is -2.11. The van der Waals surface area contributed by atoms with Crippen LogP contribution >= 0.6 is 11.6 Å². The molecule has 0 atom stereocenters. The number of aliphatic hydroxyl groups excluding tert-OH is 1. The Bertz CT molecular complexity index is 876. The number of nitrogens with zero attached hydrogens (tertiary/aromatic N) is 4. The van der Waals surface area contributed by atoms with E-state index in [0.29, 0.717) is 34.4 Å². The minimum atomic E-state index is -0.200. The van der Waals surface area contributed by atoms with Crippen molar-refractivity contribution in [2.24, 2.45) is 0 Å². The fourth-order valence-corrected chi connectivity index (χ4v) is 2.89. The minimum Gasteiger partial charge on any atom is -0.477 e. The van der Waals surface area contributed by atoms with Gasteiger partial charge >= 0.3 is 0 Å². The van der Waals surface area contributed by atoms with Crippen molar-refractivity contribution in [3.8, 4) is 17.1 Å². The van der Waals surface area contributed by atoms with Crippen molar-refractivity contribution in [2.45, 2.75) is 33.4 Å². The monoisotopic (exact) mass is 346 g/mol. The van der Waals surface area contributed by atoms with Gasteiger partial charge in [-0.05, 0) is 39.0 Å². The molecule has 3 aromatic heterocycles. The van der Waals surface area contributed by atoms with Gasteiger partial charge < -0.3 is 9.84 Å². The fraction of sp³-hybridized carbons (Fsp3) is 0.353. The Balaban J connectivity index is 2.25. The molecule has 0 saturated carbocycles. The van der Waals surface area contributed by atoms with E-state index in [1.54, 1.807) is 16.9 Å². The lowest BCUT2D eigenvalue weighted by Crippen LogP contribution is -2.03. The van der Waals surface area contributed by atoms with Gasteiger partial charge in [0.05, 0.1) is 29.5 Å². The standard InChI is InChI=1S/C17H19ClN4O2/c1-4-24-17-11(6-5-7-19-17)13-8-12(18)16-15(20-13)14(9-23)21-22(16)10(2)3/h5-8,10,23H,4,9H2,1-3H3. The van der Waals surface area contributed by atoms with Crippen molar-refractivity contribution in [1.29, 1.82) is 0 Å². The number of hydrogen-bond acceptors (Lipinski definition) is 5.